The molecule has 0 saturated heterocycles. The van der Waals surface area contributed by atoms with Gasteiger partial charge in [0.25, 0.3) is 0 Å². The summed E-state index contributed by atoms with van der Waals surface area (Å²) < 4.78 is 4.96. The third-order valence-electron chi connectivity index (χ3n) is 2.50. The Morgan fingerprint density at radius 1 is 1.56 bits per heavy atom. The summed E-state index contributed by atoms with van der Waals surface area (Å²) in [5, 5.41) is 3.11. The number of aromatic nitrogens is 1. The summed E-state index contributed by atoms with van der Waals surface area (Å²) in [6.45, 7) is 4.07. The third kappa shape index (κ3) is 5.11. The van der Waals surface area contributed by atoms with E-state index in [0.29, 0.717) is 19.1 Å². The minimum Gasteiger partial charge on any atom is -0.385 e. The average molecular weight is 251 g/mol. The van der Waals surface area contributed by atoms with E-state index in [2.05, 4.69) is 20.7 Å². The van der Waals surface area contributed by atoms with Gasteiger partial charge in [-0.2, -0.15) is 0 Å². The van der Waals surface area contributed by atoms with Crippen molar-refractivity contribution in [1.82, 2.24) is 15.7 Å². The van der Waals surface area contributed by atoms with Gasteiger partial charge in [0.15, 0.2) is 0 Å². The highest BCUT2D eigenvalue weighted by Crippen LogP contribution is 2.05. The van der Waals surface area contributed by atoms with E-state index < -0.39 is 0 Å². The highest BCUT2D eigenvalue weighted by Gasteiger charge is 1.98. The second-order valence-electron chi connectivity index (χ2n) is 3.88. The van der Waals surface area contributed by atoms with Crippen LogP contribution in [-0.4, -0.2) is 31.2 Å². The summed E-state index contributed by atoms with van der Waals surface area (Å²) in [5.41, 5.74) is 4.81. The molecule has 0 atom stereocenters. The average Bonchev–Trinajstić information content (AvgIpc) is 2.40. The molecule has 1 aromatic rings. The van der Waals surface area contributed by atoms with Gasteiger partial charge in [0.1, 0.15) is 0 Å². The fourth-order valence-electron chi connectivity index (χ4n) is 1.42. The van der Waals surface area contributed by atoms with E-state index in [4.69, 9.17) is 10.6 Å². The Hall–Kier alpha value is -1.66. The molecule has 0 aliphatic rings. The number of aryl methyl sites for hydroxylation is 1. The number of hydrogen-bond acceptors (Lipinski definition) is 4. The first-order chi connectivity index (χ1) is 8.77. The van der Waals surface area contributed by atoms with Crippen LogP contribution in [0.25, 0.3) is 0 Å². The molecule has 0 unspecified atom stereocenters. The summed E-state index contributed by atoms with van der Waals surface area (Å²) in [6.07, 6.45) is 4.50. The first-order valence-electron chi connectivity index (χ1n) is 5.91. The van der Waals surface area contributed by atoms with Crippen LogP contribution in [0.2, 0.25) is 0 Å². The SMILES string of the molecule is COCCCNC(=NCc1ccncc1C)NN. The number of nitrogens with zero attached hydrogens (tertiary/aromatic N) is 2. The van der Waals surface area contributed by atoms with Gasteiger partial charge in [-0.05, 0) is 30.5 Å². The Morgan fingerprint density at radius 2 is 2.39 bits per heavy atom. The minimum absolute atomic E-state index is 0.575. The zero-order chi connectivity index (χ0) is 13.2. The maximum atomic E-state index is 5.40. The van der Waals surface area contributed by atoms with E-state index in [1.807, 2.05) is 19.2 Å². The first kappa shape index (κ1) is 14.4. The maximum absolute atomic E-state index is 5.40. The number of pyridine rings is 1. The zero-order valence-corrected chi connectivity index (χ0v) is 10.9. The lowest BCUT2D eigenvalue weighted by Crippen LogP contribution is -2.42. The van der Waals surface area contributed by atoms with Crippen LogP contribution in [0.1, 0.15) is 17.5 Å². The molecule has 1 aromatic heterocycles. The van der Waals surface area contributed by atoms with Gasteiger partial charge in [-0.25, -0.2) is 10.8 Å². The molecule has 0 aliphatic heterocycles. The highest BCUT2D eigenvalue weighted by atomic mass is 16.5. The molecule has 0 fully saturated rings. The van der Waals surface area contributed by atoms with E-state index in [1.54, 1.807) is 13.3 Å². The lowest BCUT2D eigenvalue weighted by Gasteiger charge is -2.09. The molecule has 18 heavy (non-hydrogen) atoms. The number of hydrazine groups is 1. The maximum Gasteiger partial charge on any atom is 0.206 e. The molecular formula is C12H21N5O. The van der Waals surface area contributed by atoms with Crippen molar-refractivity contribution in [3.63, 3.8) is 0 Å². The number of ether oxygens (including phenoxy) is 1. The Morgan fingerprint density at radius 3 is 3.06 bits per heavy atom. The number of guanidine groups is 1. The fourth-order valence-corrected chi connectivity index (χ4v) is 1.42. The monoisotopic (exact) mass is 251 g/mol. The number of hydrogen-bond donors (Lipinski definition) is 3. The molecule has 0 spiro atoms. The molecule has 6 heteroatoms. The molecule has 0 amide bonds. The van der Waals surface area contributed by atoms with Gasteiger partial charge in [-0.15, -0.1) is 0 Å². The quantitative estimate of drug-likeness (QED) is 0.223. The Bertz CT molecular complexity index is 380. The topological polar surface area (TPSA) is 84.6 Å². The minimum atomic E-state index is 0.575. The van der Waals surface area contributed by atoms with Crippen molar-refractivity contribution in [3.8, 4) is 0 Å². The van der Waals surface area contributed by atoms with E-state index >= 15 is 0 Å². The van der Waals surface area contributed by atoms with Gasteiger partial charge >= 0.3 is 0 Å². The summed E-state index contributed by atoms with van der Waals surface area (Å²) >= 11 is 0. The number of nitrogens with one attached hydrogen (secondary N) is 2. The smallest absolute Gasteiger partial charge is 0.206 e. The third-order valence-corrected chi connectivity index (χ3v) is 2.50. The Kier molecular flexibility index (Phi) is 6.75. The predicted molar refractivity (Wildman–Crippen MR) is 71.9 cm³/mol. The number of rotatable bonds is 6. The molecule has 0 saturated carbocycles. The molecule has 4 N–H and O–H groups in total. The number of aliphatic imine (C=N–C) groups is 1. The van der Waals surface area contributed by atoms with Crippen molar-refractivity contribution in [1.29, 1.82) is 0 Å². The molecule has 6 nitrogen and oxygen atoms in total. The second-order valence-corrected chi connectivity index (χ2v) is 3.88. The van der Waals surface area contributed by atoms with Gasteiger partial charge in [-0.3, -0.25) is 10.4 Å². The van der Waals surface area contributed by atoms with Crippen LogP contribution in [0.4, 0.5) is 0 Å². The van der Waals surface area contributed by atoms with E-state index in [1.165, 1.54) is 0 Å². The zero-order valence-electron chi connectivity index (χ0n) is 10.9. The molecule has 0 bridgehead atoms. The molecule has 100 valence electrons. The summed E-state index contributed by atoms with van der Waals surface area (Å²) in [7, 11) is 1.68. The lowest BCUT2D eigenvalue weighted by molar-refractivity contribution is 0.195. The molecule has 1 rings (SSSR count). The molecule has 1 heterocycles. The van der Waals surface area contributed by atoms with Crippen molar-refractivity contribution < 1.29 is 4.74 Å². The standard InChI is InChI=1S/C12H21N5O/c1-10-8-14-6-4-11(10)9-16-12(17-13)15-5-3-7-18-2/h4,6,8H,3,5,7,9,13H2,1-2H3,(H2,15,16,17). The van der Waals surface area contributed by atoms with Gasteiger partial charge < -0.3 is 10.1 Å². The first-order valence-corrected chi connectivity index (χ1v) is 5.91. The normalized spacial score (nSPS) is 11.4. The number of nitrogens with two attached hydrogens (primary N) is 1. The van der Waals surface area contributed by atoms with E-state index in [-0.39, 0.29) is 0 Å². The second kappa shape index (κ2) is 8.43. The van der Waals surface area contributed by atoms with Crippen LogP contribution in [-0.2, 0) is 11.3 Å². The van der Waals surface area contributed by atoms with E-state index in [9.17, 15) is 0 Å². The highest BCUT2D eigenvalue weighted by molar-refractivity contribution is 5.79. The fraction of sp³-hybridized carbons (Fsp3) is 0.500. The largest absolute Gasteiger partial charge is 0.385 e. The van der Waals surface area contributed by atoms with Crippen LogP contribution in [0.15, 0.2) is 23.5 Å². The van der Waals surface area contributed by atoms with Crippen LogP contribution < -0.4 is 16.6 Å². The Balaban J connectivity index is 2.45. The van der Waals surface area contributed by atoms with Gasteiger partial charge in [0, 0.05) is 32.7 Å². The number of methoxy groups -OCH3 is 1. The van der Waals surface area contributed by atoms with Crippen molar-refractivity contribution in [3.05, 3.63) is 29.6 Å². The summed E-state index contributed by atoms with van der Waals surface area (Å²) in [6, 6.07) is 1.96. The molecule has 0 aromatic carbocycles. The van der Waals surface area contributed by atoms with E-state index in [0.717, 1.165) is 24.1 Å². The van der Waals surface area contributed by atoms with Crippen LogP contribution >= 0.6 is 0 Å². The summed E-state index contributed by atoms with van der Waals surface area (Å²) in [5.74, 6) is 5.99. The molecular weight excluding hydrogens is 230 g/mol. The van der Waals surface area contributed by atoms with Crippen molar-refractivity contribution >= 4 is 5.96 Å². The van der Waals surface area contributed by atoms with Crippen molar-refractivity contribution in [2.75, 3.05) is 20.3 Å². The van der Waals surface area contributed by atoms with Crippen molar-refractivity contribution in [2.24, 2.45) is 10.8 Å². The molecule has 0 radical (unpaired) electrons. The Labute approximate surface area is 108 Å². The van der Waals surface area contributed by atoms with Crippen LogP contribution in [0.3, 0.4) is 0 Å². The predicted octanol–water partition coefficient (Wildman–Crippen LogP) is 0.335. The summed E-state index contributed by atoms with van der Waals surface area (Å²) in [4.78, 5) is 8.42. The van der Waals surface area contributed by atoms with Gasteiger partial charge in [0.2, 0.25) is 5.96 Å². The molecule has 0 aliphatic carbocycles. The van der Waals surface area contributed by atoms with Crippen LogP contribution in [0, 0.1) is 6.92 Å². The van der Waals surface area contributed by atoms with Gasteiger partial charge in [-0.1, -0.05) is 0 Å². The lowest BCUT2D eigenvalue weighted by atomic mass is 10.2. The van der Waals surface area contributed by atoms with Crippen LogP contribution in [0.5, 0.6) is 0 Å². The van der Waals surface area contributed by atoms with Crippen molar-refractivity contribution in [2.45, 2.75) is 19.9 Å². The van der Waals surface area contributed by atoms with Gasteiger partial charge in [0.05, 0.1) is 6.54 Å².